The Balaban J connectivity index is 1.05. The minimum Gasteiger partial charge on any atom is -0.264 e. The molecular formula is C51H36N4. The molecule has 0 atom stereocenters. The second-order valence-electron chi connectivity index (χ2n) is 14.7. The maximum absolute atomic E-state index is 5.06. The van der Waals surface area contributed by atoms with Crippen LogP contribution in [0.4, 0.5) is 0 Å². The van der Waals surface area contributed by atoms with Gasteiger partial charge in [0.05, 0.1) is 0 Å². The van der Waals surface area contributed by atoms with E-state index in [0.717, 1.165) is 38.9 Å². The van der Waals surface area contributed by atoms with E-state index < -0.39 is 0 Å². The van der Waals surface area contributed by atoms with E-state index >= 15 is 0 Å². The van der Waals surface area contributed by atoms with E-state index in [0.29, 0.717) is 17.5 Å². The highest BCUT2D eigenvalue weighted by atomic mass is 15.0. The highest BCUT2D eigenvalue weighted by Gasteiger charge is 2.38. The van der Waals surface area contributed by atoms with Crippen LogP contribution in [0.5, 0.6) is 0 Å². The first-order valence-corrected chi connectivity index (χ1v) is 18.7. The minimum atomic E-state index is -0.114. The normalized spacial score (nSPS) is 12.7. The van der Waals surface area contributed by atoms with Crippen LogP contribution >= 0.6 is 0 Å². The molecule has 2 heterocycles. The molecule has 260 valence electrons. The van der Waals surface area contributed by atoms with Crippen LogP contribution in [0.25, 0.3) is 89.4 Å². The zero-order valence-corrected chi connectivity index (χ0v) is 30.6. The van der Waals surface area contributed by atoms with Gasteiger partial charge in [0, 0.05) is 34.5 Å². The third-order valence-electron chi connectivity index (χ3n) is 11.0. The molecule has 0 unspecified atom stereocenters. The lowest BCUT2D eigenvalue weighted by molar-refractivity contribution is 0.666. The van der Waals surface area contributed by atoms with Crippen molar-refractivity contribution in [3.63, 3.8) is 0 Å². The smallest absolute Gasteiger partial charge is 0.164 e. The number of nitrogens with zero attached hydrogens (tertiary/aromatic N) is 4. The molecule has 2 aromatic heterocycles. The molecule has 4 heteroatoms. The summed E-state index contributed by atoms with van der Waals surface area (Å²) in [5.41, 5.74) is 15.0. The molecule has 0 spiro atoms. The van der Waals surface area contributed by atoms with E-state index in [2.05, 4.69) is 152 Å². The van der Waals surface area contributed by atoms with Gasteiger partial charge in [0.1, 0.15) is 0 Å². The van der Waals surface area contributed by atoms with Crippen LogP contribution in [0.1, 0.15) is 25.0 Å². The van der Waals surface area contributed by atoms with Gasteiger partial charge in [-0.3, -0.25) is 4.98 Å². The van der Waals surface area contributed by atoms with Crippen LogP contribution in [0, 0.1) is 0 Å². The second-order valence-corrected chi connectivity index (χ2v) is 14.7. The van der Waals surface area contributed by atoms with Gasteiger partial charge in [-0.25, -0.2) is 15.0 Å². The van der Waals surface area contributed by atoms with Crippen molar-refractivity contribution < 1.29 is 0 Å². The number of hydrogen-bond acceptors (Lipinski definition) is 4. The molecule has 0 bridgehead atoms. The highest BCUT2D eigenvalue weighted by molar-refractivity contribution is 6.01. The topological polar surface area (TPSA) is 51.6 Å². The van der Waals surface area contributed by atoms with Crippen molar-refractivity contribution in [2.24, 2.45) is 0 Å². The average molecular weight is 705 g/mol. The Kier molecular flexibility index (Phi) is 7.77. The predicted octanol–water partition coefficient (Wildman–Crippen LogP) is 12.7. The Labute approximate surface area is 320 Å². The number of fused-ring (bicyclic) bond motifs is 5. The van der Waals surface area contributed by atoms with Crippen molar-refractivity contribution in [3.05, 3.63) is 193 Å². The Morgan fingerprint density at radius 2 is 0.982 bits per heavy atom. The summed E-state index contributed by atoms with van der Waals surface area (Å²) in [6, 6.07) is 60.1. The molecule has 0 saturated heterocycles. The van der Waals surface area contributed by atoms with E-state index in [1.54, 1.807) is 6.20 Å². The van der Waals surface area contributed by atoms with Crippen molar-refractivity contribution >= 4 is 10.8 Å². The SMILES string of the molecule is CC1(C)c2cccc(-c3cccc(-c4cccc(-c5nc(-c6ccccc6)nc(-c6ccc(-c7cccnc7)cc6)n5)c4)c3)c2-c2ccc3ccccc3c21. The van der Waals surface area contributed by atoms with Gasteiger partial charge >= 0.3 is 0 Å². The first-order chi connectivity index (χ1) is 27.0. The summed E-state index contributed by atoms with van der Waals surface area (Å²) in [5.74, 6) is 1.89. The van der Waals surface area contributed by atoms with E-state index in [1.165, 1.54) is 44.2 Å². The average Bonchev–Trinajstić information content (AvgIpc) is 3.50. The number of aromatic nitrogens is 4. The fourth-order valence-electron chi connectivity index (χ4n) is 8.29. The van der Waals surface area contributed by atoms with Crippen molar-refractivity contribution in [2.45, 2.75) is 19.3 Å². The van der Waals surface area contributed by atoms with Crippen LogP contribution in [-0.4, -0.2) is 19.9 Å². The molecule has 55 heavy (non-hydrogen) atoms. The molecule has 0 aliphatic heterocycles. The van der Waals surface area contributed by atoms with Crippen molar-refractivity contribution in [2.75, 3.05) is 0 Å². The predicted molar refractivity (Wildman–Crippen MR) is 225 cm³/mol. The lowest BCUT2D eigenvalue weighted by Crippen LogP contribution is -2.15. The summed E-state index contributed by atoms with van der Waals surface area (Å²) in [7, 11) is 0. The lowest BCUT2D eigenvalue weighted by atomic mass is 9.80. The maximum Gasteiger partial charge on any atom is 0.164 e. The van der Waals surface area contributed by atoms with Crippen LogP contribution in [-0.2, 0) is 5.41 Å². The molecule has 0 fully saturated rings. The summed E-state index contributed by atoms with van der Waals surface area (Å²) in [6.07, 6.45) is 3.66. The standard InChI is InChI=1S/C51H36N4/c1-51(2)45-22-10-21-42(46(45)44-28-27-34-12-6-7-20-43(34)47(44)51)39-17-8-15-37(30-39)38-16-9-18-40(31-38)50-54-48(35-13-4-3-5-14-35)53-49(55-50)36-25-23-33(24-26-36)41-19-11-29-52-32-41/h3-32H,1-2H3. The summed E-state index contributed by atoms with van der Waals surface area (Å²) >= 11 is 0. The Bertz CT molecular complexity index is 2880. The van der Waals surface area contributed by atoms with E-state index in [1.807, 2.05) is 42.6 Å². The molecule has 9 aromatic rings. The lowest BCUT2D eigenvalue weighted by Gasteiger charge is -2.23. The van der Waals surface area contributed by atoms with Gasteiger partial charge < -0.3 is 0 Å². The number of rotatable bonds is 6. The van der Waals surface area contributed by atoms with E-state index in [-0.39, 0.29) is 5.41 Å². The van der Waals surface area contributed by atoms with E-state index in [9.17, 15) is 0 Å². The molecule has 1 aliphatic carbocycles. The largest absolute Gasteiger partial charge is 0.264 e. The van der Waals surface area contributed by atoms with E-state index in [4.69, 9.17) is 15.0 Å². The molecule has 0 N–H and O–H groups in total. The summed E-state index contributed by atoms with van der Waals surface area (Å²) in [5, 5.41) is 2.61. The number of benzene rings is 7. The number of hydrogen-bond donors (Lipinski definition) is 0. The Morgan fingerprint density at radius 3 is 1.73 bits per heavy atom. The molecule has 1 aliphatic rings. The van der Waals surface area contributed by atoms with Crippen LogP contribution < -0.4 is 0 Å². The first kappa shape index (κ1) is 32.6. The van der Waals surface area contributed by atoms with Crippen molar-refractivity contribution in [3.8, 4) is 78.7 Å². The molecule has 4 nitrogen and oxygen atoms in total. The Morgan fingerprint density at radius 1 is 0.400 bits per heavy atom. The van der Waals surface area contributed by atoms with Gasteiger partial charge in [0.15, 0.2) is 17.5 Å². The molecule has 0 amide bonds. The summed E-state index contributed by atoms with van der Waals surface area (Å²) < 4.78 is 0. The highest BCUT2D eigenvalue weighted by Crippen LogP contribution is 2.54. The molecular weight excluding hydrogens is 669 g/mol. The first-order valence-electron chi connectivity index (χ1n) is 18.7. The zero-order chi connectivity index (χ0) is 36.9. The molecule has 0 saturated carbocycles. The third-order valence-corrected chi connectivity index (χ3v) is 11.0. The van der Waals surface area contributed by atoms with Crippen molar-refractivity contribution in [1.82, 2.24) is 19.9 Å². The second kappa shape index (κ2) is 13.1. The molecule has 0 radical (unpaired) electrons. The van der Waals surface area contributed by atoms with Gasteiger partial charge in [-0.05, 0) is 84.6 Å². The summed E-state index contributed by atoms with van der Waals surface area (Å²) in [4.78, 5) is 19.3. The minimum absolute atomic E-state index is 0.114. The maximum atomic E-state index is 5.06. The van der Waals surface area contributed by atoms with Gasteiger partial charge in [-0.1, -0.05) is 166 Å². The van der Waals surface area contributed by atoms with Crippen LogP contribution in [0.15, 0.2) is 182 Å². The molecule has 7 aromatic carbocycles. The fourth-order valence-corrected chi connectivity index (χ4v) is 8.29. The van der Waals surface area contributed by atoms with Crippen LogP contribution in [0.3, 0.4) is 0 Å². The monoisotopic (exact) mass is 704 g/mol. The van der Waals surface area contributed by atoms with Gasteiger partial charge in [-0.2, -0.15) is 0 Å². The van der Waals surface area contributed by atoms with Gasteiger partial charge in [-0.15, -0.1) is 0 Å². The van der Waals surface area contributed by atoms with Crippen molar-refractivity contribution in [1.29, 1.82) is 0 Å². The fraction of sp³-hybridized carbons (Fsp3) is 0.0588. The Hall–Kier alpha value is -7.04. The van der Waals surface area contributed by atoms with Crippen LogP contribution in [0.2, 0.25) is 0 Å². The van der Waals surface area contributed by atoms with Gasteiger partial charge in [0.2, 0.25) is 0 Å². The molecule has 10 rings (SSSR count). The number of pyridine rings is 1. The summed E-state index contributed by atoms with van der Waals surface area (Å²) in [6.45, 7) is 4.73. The zero-order valence-electron chi connectivity index (χ0n) is 30.6. The van der Waals surface area contributed by atoms with Gasteiger partial charge in [0.25, 0.3) is 0 Å². The quantitative estimate of drug-likeness (QED) is 0.173. The third kappa shape index (κ3) is 5.71.